The molecule has 1 aromatic heterocycles. The maximum Gasteiger partial charge on any atom is 0.228 e. The Bertz CT molecular complexity index is 980. The molecule has 1 saturated carbocycles. The number of imidazole rings is 1. The number of hydrogen-bond donors (Lipinski definition) is 1. The molecule has 0 aliphatic heterocycles. The summed E-state index contributed by atoms with van der Waals surface area (Å²) >= 11 is 5.66. The van der Waals surface area contributed by atoms with E-state index in [1.807, 2.05) is 34.9 Å². The van der Waals surface area contributed by atoms with Gasteiger partial charge in [-0.2, -0.15) is 0 Å². The van der Waals surface area contributed by atoms with Gasteiger partial charge in [0.15, 0.2) is 5.11 Å². The van der Waals surface area contributed by atoms with Crippen molar-refractivity contribution in [2.45, 2.75) is 70.6 Å². The third-order valence-electron chi connectivity index (χ3n) is 5.15. The number of rotatable bonds is 10. The van der Waals surface area contributed by atoms with Crippen LogP contribution in [0.3, 0.4) is 0 Å². The highest BCUT2D eigenvalue weighted by Gasteiger charge is 2.29. The Hall–Kier alpha value is -1.93. The summed E-state index contributed by atoms with van der Waals surface area (Å²) in [6, 6.07) is 9.51. The average Bonchev–Trinajstić information content (AvgIpc) is 3.40. The second-order valence-corrected chi connectivity index (χ2v) is 11.5. The van der Waals surface area contributed by atoms with E-state index in [0.717, 1.165) is 17.8 Å². The van der Waals surface area contributed by atoms with Crippen LogP contribution in [0.2, 0.25) is 0 Å². The van der Waals surface area contributed by atoms with Gasteiger partial charge in [0, 0.05) is 19.1 Å². The lowest BCUT2D eigenvalue weighted by molar-refractivity contribution is 0.362. The van der Waals surface area contributed by atoms with E-state index < -0.39 is 9.84 Å². The monoisotopic (exact) mass is 462 g/mol. The lowest BCUT2D eigenvalue weighted by atomic mass is 10.2. The number of aromatic nitrogens is 2. The summed E-state index contributed by atoms with van der Waals surface area (Å²) in [6.07, 6.45) is 4.16. The van der Waals surface area contributed by atoms with Crippen LogP contribution in [-0.4, -0.2) is 40.6 Å². The van der Waals surface area contributed by atoms with Gasteiger partial charge in [-0.3, -0.25) is 0 Å². The van der Waals surface area contributed by atoms with Crippen molar-refractivity contribution < 1.29 is 8.42 Å². The highest BCUT2D eigenvalue weighted by atomic mass is 32.2. The van der Waals surface area contributed by atoms with Gasteiger partial charge in [-0.15, -0.1) is 0 Å². The summed E-state index contributed by atoms with van der Waals surface area (Å²) in [6.45, 7) is 10.3. The van der Waals surface area contributed by atoms with E-state index >= 15 is 0 Å². The molecule has 1 aliphatic carbocycles. The molecule has 1 N–H and O–H groups in total. The first kappa shape index (κ1) is 23.7. The highest BCUT2D eigenvalue weighted by molar-refractivity contribution is 7.90. The molecule has 0 saturated heterocycles. The van der Waals surface area contributed by atoms with Gasteiger partial charge in [0.1, 0.15) is 0 Å². The molecule has 0 spiro atoms. The Kier molecular flexibility index (Phi) is 7.75. The number of benzene rings is 1. The predicted octanol–water partition coefficient (Wildman–Crippen LogP) is 4.01. The van der Waals surface area contributed by atoms with E-state index in [4.69, 9.17) is 12.2 Å². The number of nitrogens with zero attached hydrogens (tertiary/aromatic N) is 3. The minimum atomic E-state index is -3.57. The maximum absolute atomic E-state index is 13.2. The van der Waals surface area contributed by atoms with Crippen LogP contribution in [0.5, 0.6) is 0 Å². The summed E-state index contributed by atoms with van der Waals surface area (Å²) in [5, 5.41) is 4.20. The van der Waals surface area contributed by atoms with Gasteiger partial charge in [-0.25, -0.2) is 13.4 Å². The minimum absolute atomic E-state index is 0.0541. The molecule has 2 aromatic rings. The number of thiocarbonyl (C=S) groups is 1. The van der Waals surface area contributed by atoms with Crippen molar-refractivity contribution in [3.63, 3.8) is 0 Å². The van der Waals surface area contributed by atoms with Crippen molar-refractivity contribution in [2.24, 2.45) is 11.8 Å². The summed E-state index contributed by atoms with van der Waals surface area (Å²) < 4.78 is 28.3. The Morgan fingerprint density at radius 1 is 1.23 bits per heavy atom. The fourth-order valence-corrected chi connectivity index (χ4v) is 5.43. The minimum Gasteiger partial charge on any atom is -0.360 e. The lowest BCUT2D eigenvalue weighted by Crippen LogP contribution is -2.43. The zero-order valence-electron chi connectivity index (χ0n) is 18.9. The van der Waals surface area contributed by atoms with Crippen molar-refractivity contribution in [2.75, 3.05) is 6.54 Å². The van der Waals surface area contributed by atoms with Crippen LogP contribution in [-0.2, 0) is 28.7 Å². The van der Waals surface area contributed by atoms with Crippen LogP contribution in [0.4, 0.5) is 0 Å². The first-order chi connectivity index (χ1) is 14.7. The van der Waals surface area contributed by atoms with Crippen molar-refractivity contribution in [3.8, 4) is 0 Å². The third kappa shape index (κ3) is 6.77. The molecule has 0 unspecified atom stereocenters. The summed E-state index contributed by atoms with van der Waals surface area (Å²) in [5.74, 6) is 0.896. The average molecular weight is 463 g/mol. The predicted molar refractivity (Wildman–Crippen MR) is 128 cm³/mol. The molecule has 1 aromatic carbocycles. The third-order valence-corrected chi connectivity index (χ3v) is 7.13. The van der Waals surface area contributed by atoms with E-state index in [1.54, 1.807) is 6.20 Å². The zero-order chi connectivity index (χ0) is 22.6. The van der Waals surface area contributed by atoms with Gasteiger partial charge < -0.3 is 14.8 Å². The molecule has 31 heavy (non-hydrogen) atoms. The molecule has 0 atom stereocenters. The zero-order valence-corrected chi connectivity index (χ0v) is 20.5. The second kappa shape index (κ2) is 10.1. The Morgan fingerprint density at radius 2 is 1.90 bits per heavy atom. The summed E-state index contributed by atoms with van der Waals surface area (Å²) in [4.78, 5) is 6.55. The normalized spacial score (nSPS) is 14.3. The maximum atomic E-state index is 13.2. The van der Waals surface area contributed by atoms with Crippen molar-refractivity contribution >= 4 is 27.2 Å². The number of hydrogen-bond acceptors (Lipinski definition) is 4. The summed E-state index contributed by atoms with van der Waals surface area (Å²) in [5.41, 5.74) is 1.65. The molecule has 0 bridgehead atoms. The summed E-state index contributed by atoms with van der Waals surface area (Å²) in [7, 11) is -3.57. The first-order valence-corrected chi connectivity index (χ1v) is 13.1. The molecule has 1 heterocycles. The van der Waals surface area contributed by atoms with Crippen LogP contribution in [0, 0.1) is 11.8 Å². The Balaban J connectivity index is 1.89. The number of sulfone groups is 1. The molecule has 1 aliphatic rings. The Labute approximate surface area is 192 Å². The van der Waals surface area contributed by atoms with Crippen LogP contribution in [0.25, 0.3) is 0 Å². The van der Waals surface area contributed by atoms with E-state index in [2.05, 4.69) is 42.9 Å². The van der Waals surface area contributed by atoms with Gasteiger partial charge >= 0.3 is 0 Å². The number of nitrogens with one attached hydrogen (secondary N) is 1. The Morgan fingerprint density at radius 3 is 2.48 bits per heavy atom. The molecule has 3 rings (SSSR count). The van der Waals surface area contributed by atoms with E-state index in [1.165, 1.54) is 12.8 Å². The van der Waals surface area contributed by atoms with E-state index in [-0.39, 0.29) is 22.9 Å². The van der Waals surface area contributed by atoms with E-state index in [9.17, 15) is 8.42 Å². The molecule has 8 heteroatoms. The van der Waals surface area contributed by atoms with Crippen molar-refractivity contribution in [3.05, 3.63) is 47.8 Å². The molecule has 0 amide bonds. The van der Waals surface area contributed by atoms with Crippen LogP contribution >= 0.6 is 12.2 Å². The first-order valence-electron chi connectivity index (χ1n) is 11.0. The van der Waals surface area contributed by atoms with Gasteiger partial charge in [0.2, 0.25) is 15.0 Å². The molecular formula is C23H34N4O2S2. The van der Waals surface area contributed by atoms with E-state index in [0.29, 0.717) is 24.1 Å². The van der Waals surface area contributed by atoms with Crippen molar-refractivity contribution in [1.82, 2.24) is 19.8 Å². The largest absolute Gasteiger partial charge is 0.360 e. The fraction of sp³-hybridized carbons (Fsp3) is 0.565. The second-order valence-electron chi connectivity index (χ2n) is 9.21. The van der Waals surface area contributed by atoms with Crippen LogP contribution in [0.1, 0.15) is 51.8 Å². The smallest absolute Gasteiger partial charge is 0.228 e. The van der Waals surface area contributed by atoms with Gasteiger partial charge in [0.25, 0.3) is 0 Å². The molecule has 1 fully saturated rings. The SMILES string of the molecule is CC(C)Cn1c(CN(CC2CC2)C(=S)NC(C)C)cnc1S(=O)(=O)Cc1ccccc1. The van der Waals surface area contributed by atoms with Gasteiger partial charge in [-0.05, 0) is 56.3 Å². The lowest BCUT2D eigenvalue weighted by Gasteiger charge is -2.28. The van der Waals surface area contributed by atoms with Gasteiger partial charge in [-0.1, -0.05) is 44.2 Å². The molecule has 6 nitrogen and oxygen atoms in total. The standard InChI is InChI=1S/C23H34N4O2S2/c1-17(2)13-27-21(15-26(14-19-10-11-19)22(30)25-18(3)4)12-24-23(27)31(28,29)16-20-8-6-5-7-9-20/h5-9,12,17-19H,10-11,13-16H2,1-4H3,(H,25,30). The quantitative estimate of drug-likeness (QED) is 0.538. The topological polar surface area (TPSA) is 67.2 Å². The molecule has 170 valence electrons. The molecule has 0 radical (unpaired) electrons. The van der Waals surface area contributed by atoms with Crippen LogP contribution < -0.4 is 5.32 Å². The van der Waals surface area contributed by atoms with Crippen molar-refractivity contribution in [1.29, 1.82) is 0 Å². The highest BCUT2D eigenvalue weighted by Crippen LogP contribution is 2.30. The van der Waals surface area contributed by atoms with Crippen LogP contribution in [0.15, 0.2) is 41.7 Å². The van der Waals surface area contributed by atoms with Gasteiger partial charge in [0.05, 0.1) is 24.2 Å². The molecular weight excluding hydrogens is 428 g/mol. The fourth-order valence-electron chi connectivity index (χ4n) is 3.55.